The van der Waals surface area contributed by atoms with Crippen molar-refractivity contribution < 1.29 is 4.79 Å². The van der Waals surface area contributed by atoms with Gasteiger partial charge in [0.25, 0.3) is 0 Å². The van der Waals surface area contributed by atoms with Gasteiger partial charge in [-0.2, -0.15) is 0 Å². The lowest BCUT2D eigenvalue weighted by Crippen LogP contribution is -2.63. The minimum absolute atomic E-state index is 0.0302. The fourth-order valence-corrected chi connectivity index (χ4v) is 2.81. The summed E-state index contributed by atoms with van der Waals surface area (Å²) < 4.78 is 0. The number of piperidine rings is 1. The molecule has 2 aliphatic rings. The molecule has 2 heterocycles. The van der Waals surface area contributed by atoms with E-state index in [2.05, 4.69) is 24.1 Å². The molecular formula is C12H22N2O. The zero-order valence-corrected chi connectivity index (χ0v) is 9.88. The Hall–Kier alpha value is -0.570. The summed E-state index contributed by atoms with van der Waals surface area (Å²) >= 11 is 0. The molecule has 1 amide bonds. The molecule has 3 heteroatoms. The van der Waals surface area contributed by atoms with Crippen LogP contribution in [0.15, 0.2) is 0 Å². The summed E-state index contributed by atoms with van der Waals surface area (Å²) in [5.41, 5.74) is 0.0302. The molecule has 86 valence electrons. The second kappa shape index (κ2) is 4.12. The van der Waals surface area contributed by atoms with Gasteiger partial charge in [-0.1, -0.05) is 13.3 Å². The fraction of sp³-hybridized carbons (Fsp3) is 0.917. The molecule has 0 aromatic heterocycles. The van der Waals surface area contributed by atoms with Gasteiger partial charge in [-0.25, -0.2) is 0 Å². The van der Waals surface area contributed by atoms with Gasteiger partial charge in [-0.15, -0.1) is 0 Å². The maximum absolute atomic E-state index is 11.5. The van der Waals surface area contributed by atoms with Crippen molar-refractivity contribution >= 4 is 5.91 Å². The molecular weight excluding hydrogens is 188 g/mol. The SMILES string of the molecule is CCCC(C)N1CCC2(CC1)CNC2=O. The Morgan fingerprint density at radius 1 is 1.47 bits per heavy atom. The van der Waals surface area contributed by atoms with Crippen LogP contribution in [0.4, 0.5) is 0 Å². The van der Waals surface area contributed by atoms with Crippen molar-refractivity contribution in [2.45, 2.75) is 45.6 Å². The van der Waals surface area contributed by atoms with Gasteiger partial charge in [0, 0.05) is 12.6 Å². The van der Waals surface area contributed by atoms with E-state index in [1.54, 1.807) is 0 Å². The third kappa shape index (κ3) is 1.89. The minimum Gasteiger partial charge on any atom is -0.354 e. The third-order valence-electron chi connectivity index (χ3n) is 4.15. The van der Waals surface area contributed by atoms with Crippen LogP contribution in [0.2, 0.25) is 0 Å². The maximum Gasteiger partial charge on any atom is 0.228 e. The van der Waals surface area contributed by atoms with Gasteiger partial charge in [0.2, 0.25) is 5.91 Å². The van der Waals surface area contributed by atoms with Crippen molar-refractivity contribution in [2.75, 3.05) is 19.6 Å². The van der Waals surface area contributed by atoms with E-state index < -0.39 is 0 Å². The maximum atomic E-state index is 11.5. The number of carbonyl (C=O) groups excluding carboxylic acids is 1. The Labute approximate surface area is 92.2 Å². The standard InChI is InChI=1S/C12H22N2O/c1-3-4-10(2)14-7-5-12(6-8-14)9-13-11(12)15/h10H,3-9H2,1-2H3,(H,13,15). The first-order chi connectivity index (χ1) is 7.18. The first-order valence-corrected chi connectivity index (χ1v) is 6.20. The van der Waals surface area contributed by atoms with Crippen LogP contribution >= 0.6 is 0 Å². The van der Waals surface area contributed by atoms with Crippen molar-refractivity contribution in [2.24, 2.45) is 5.41 Å². The molecule has 0 bridgehead atoms. The molecule has 0 aromatic carbocycles. The topological polar surface area (TPSA) is 32.3 Å². The van der Waals surface area contributed by atoms with E-state index in [9.17, 15) is 4.79 Å². The van der Waals surface area contributed by atoms with Crippen LogP contribution in [0.5, 0.6) is 0 Å². The summed E-state index contributed by atoms with van der Waals surface area (Å²) in [5, 5.41) is 2.88. The molecule has 1 N–H and O–H groups in total. The molecule has 0 radical (unpaired) electrons. The van der Waals surface area contributed by atoms with E-state index in [-0.39, 0.29) is 5.41 Å². The van der Waals surface area contributed by atoms with Gasteiger partial charge in [0.05, 0.1) is 5.41 Å². The Morgan fingerprint density at radius 3 is 2.53 bits per heavy atom. The van der Waals surface area contributed by atoms with Gasteiger partial charge in [-0.05, 0) is 39.3 Å². The minimum atomic E-state index is 0.0302. The first kappa shape index (κ1) is 10.9. The number of rotatable bonds is 3. The first-order valence-electron chi connectivity index (χ1n) is 6.20. The Bertz CT molecular complexity index is 244. The smallest absolute Gasteiger partial charge is 0.228 e. The number of β-lactam (4-membered cyclic amide) rings is 1. The summed E-state index contributed by atoms with van der Waals surface area (Å²) in [6.45, 7) is 7.68. The van der Waals surface area contributed by atoms with E-state index >= 15 is 0 Å². The van der Waals surface area contributed by atoms with Crippen LogP contribution in [0.1, 0.15) is 39.5 Å². The largest absolute Gasteiger partial charge is 0.354 e. The van der Waals surface area contributed by atoms with E-state index in [0.717, 1.165) is 32.5 Å². The molecule has 1 unspecified atom stereocenters. The molecule has 2 rings (SSSR count). The van der Waals surface area contributed by atoms with Crippen molar-refractivity contribution in [3.8, 4) is 0 Å². The summed E-state index contributed by atoms with van der Waals surface area (Å²) in [4.78, 5) is 14.0. The summed E-state index contributed by atoms with van der Waals surface area (Å²) in [7, 11) is 0. The molecule has 1 spiro atoms. The molecule has 2 fully saturated rings. The van der Waals surface area contributed by atoms with Crippen molar-refractivity contribution in [1.82, 2.24) is 10.2 Å². The number of nitrogens with one attached hydrogen (secondary N) is 1. The van der Waals surface area contributed by atoms with Crippen LogP contribution in [-0.2, 0) is 4.79 Å². The average molecular weight is 210 g/mol. The lowest BCUT2D eigenvalue weighted by molar-refractivity contribution is -0.144. The molecule has 0 saturated carbocycles. The lowest BCUT2D eigenvalue weighted by atomic mass is 9.72. The van der Waals surface area contributed by atoms with Crippen LogP contribution in [0.3, 0.4) is 0 Å². The number of hydrogen-bond acceptors (Lipinski definition) is 2. The zero-order valence-electron chi connectivity index (χ0n) is 9.88. The quantitative estimate of drug-likeness (QED) is 0.714. The molecule has 3 nitrogen and oxygen atoms in total. The van der Waals surface area contributed by atoms with E-state index in [4.69, 9.17) is 0 Å². The number of nitrogens with zero attached hydrogens (tertiary/aromatic N) is 1. The fourth-order valence-electron chi connectivity index (χ4n) is 2.81. The monoisotopic (exact) mass is 210 g/mol. The molecule has 1 atom stereocenters. The van der Waals surface area contributed by atoms with Crippen molar-refractivity contribution in [3.05, 3.63) is 0 Å². The van der Waals surface area contributed by atoms with E-state index in [0.29, 0.717) is 11.9 Å². The van der Waals surface area contributed by atoms with Crippen LogP contribution < -0.4 is 5.32 Å². The number of likely N-dealkylation sites (tertiary alicyclic amines) is 1. The summed E-state index contributed by atoms with van der Waals surface area (Å²) in [6.07, 6.45) is 4.66. The molecule has 0 aliphatic carbocycles. The highest BCUT2D eigenvalue weighted by molar-refractivity contribution is 5.88. The highest BCUT2D eigenvalue weighted by Crippen LogP contribution is 2.36. The predicted octanol–water partition coefficient (Wildman–Crippen LogP) is 1.39. The summed E-state index contributed by atoms with van der Waals surface area (Å²) in [5.74, 6) is 0.297. The van der Waals surface area contributed by atoms with Gasteiger partial charge in [0.15, 0.2) is 0 Å². The second-order valence-corrected chi connectivity index (χ2v) is 5.14. The van der Waals surface area contributed by atoms with Gasteiger partial charge < -0.3 is 10.2 Å². The average Bonchev–Trinajstić information content (AvgIpc) is 2.27. The predicted molar refractivity (Wildman–Crippen MR) is 60.6 cm³/mol. The highest BCUT2D eigenvalue weighted by Gasteiger charge is 2.48. The van der Waals surface area contributed by atoms with Gasteiger partial charge in [-0.3, -0.25) is 4.79 Å². The Kier molecular flexibility index (Phi) is 3.01. The van der Waals surface area contributed by atoms with Crippen LogP contribution in [-0.4, -0.2) is 36.5 Å². The molecule has 2 saturated heterocycles. The van der Waals surface area contributed by atoms with Crippen molar-refractivity contribution in [1.29, 1.82) is 0 Å². The molecule has 15 heavy (non-hydrogen) atoms. The van der Waals surface area contributed by atoms with E-state index in [1.807, 2.05) is 0 Å². The van der Waals surface area contributed by atoms with Crippen molar-refractivity contribution in [3.63, 3.8) is 0 Å². The van der Waals surface area contributed by atoms with E-state index in [1.165, 1.54) is 12.8 Å². The Balaban J connectivity index is 1.84. The third-order valence-corrected chi connectivity index (χ3v) is 4.15. The highest BCUT2D eigenvalue weighted by atomic mass is 16.2. The van der Waals surface area contributed by atoms with Gasteiger partial charge in [0.1, 0.15) is 0 Å². The lowest BCUT2D eigenvalue weighted by Gasteiger charge is -2.47. The second-order valence-electron chi connectivity index (χ2n) is 5.14. The van der Waals surface area contributed by atoms with Crippen LogP contribution in [0, 0.1) is 5.41 Å². The zero-order chi connectivity index (χ0) is 10.9. The normalized spacial score (nSPS) is 27.2. The number of hydrogen-bond donors (Lipinski definition) is 1. The number of carbonyl (C=O) groups is 1. The molecule has 2 aliphatic heterocycles. The van der Waals surface area contributed by atoms with Crippen LogP contribution in [0.25, 0.3) is 0 Å². The molecule has 0 aromatic rings. The van der Waals surface area contributed by atoms with Gasteiger partial charge >= 0.3 is 0 Å². The summed E-state index contributed by atoms with van der Waals surface area (Å²) in [6, 6.07) is 0.690. The Morgan fingerprint density at radius 2 is 2.13 bits per heavy atom. The number of amides is 1.